The van der Waals surface area contributed by atoms with Crippen molar-refractivity contribution in [3.05, 3.63) is 65.2 Å². The van der Waals surface area contributed by atoms with Crippen molar-refractivity contribution in [1.29, 1.82) is 0 Å². The van der Waals surface area contributed by atoms with Crippen LogP contribution in [0.2, 0.25) is 0 Å². The van der Waals surface area contributed by atoms with E-state index in [4.69, 9.17) is 4.74 Å². The van der Waals surface area contributed by atoms with Crippen LogP contribution in [0.5, 0.6) is 5.75 Å². The van der Waals surface area contributed by atoms with Crippen LogP contribution in [0.25, 0.3) is 0 Å². The van der Waals surface area contributed by atoms with Gasteiger partial charge in [0, 0.05) is 30.3 Å². The Hall–Kier alpha value is -3.15. The second-order valence-electron chi connectivity index (χ2n) is 7.37. The molecule has 0 aliphatic carbocycles. The first-order valence-electron chi connectivity index (χ1n) is 9.81. The highest BCUT2D eigenvalue weighted by Crippen LogP contribution is 2.15. The smallest absolute Gasteiger partial charge is 0.258 e. The van der Waals surface area contributed by atoms with E-state index in [0.717, 1.165) is 18.4 Å². The molecule has 0 saturated carbocycles. The maximum Gasteiger partial charge on any atom is 0.258 e. The van der Waals surface area contributed by atoms with Crippen molar-refractivity contribution in [3.8, 4) is 5.75 Å². The molecule has 2 amide bonds. The summed E-state index contributed by atoms with van der Waals surface area (Å²) in [6.07, 6.45) is 1.44. The van der Waals surface area contributed by atoms with Gasteiger partial charge in [0.15, 0.2) is 12.4 Å². The fourth-order valence-corrected chi connectivity index (χ4v) is 3.31. The van der Waals surface area contributed by atoms with E-state index < -0.39 is 0 Å². The summed E-state index contributed by atoms with van der Waals surface area (Å²) in [5, 5.41) is 2.97. The molecule has 2 aromatic rings. The minimum Gasteiger partial charge on any atom is -0.484 e. The first-order chi connectivity index (χ1) is 13.9. The molecule has 1 N–H and O–H groups in total. The van der Waals surface area contributed by atoms with Gasteiger partial charge in [0.1, 0.15) is 5.75 Å². The van der Waals surface area contributed by atoms with Gasteiger partial charge in [-0.05, 0) is 63.1 Å². The van der Waals surface area contributed by atoms with E-state index in [1.54, 1.807) is 24.3 Å². The Labute approximate surface area is 170 Å². The van der Waals surface area contributed by atoms with E-state index in [1.807, 2.05) is 36.1 Å². The fourth-order valence-electron chi connectivity index (χ4n) is 3.31. The molecule has 3 rings (SSSR count). The molecule has 1 aliphatic rings. The largest absolute Gasteiger partial charge is 0.484 e. The van der Waals surface area contributed by atoms with Crippen LogP contribution in [-0.4, -0.2) is 48.2 Å². The van der Waals surface area contributed by atoms with Crippen molar-refractivity contribution in [1.82, 2.24) is 10.2 Å². The third-order valence-corrected chi connectivity index (χ3v) is 5.08. The molecule has 0 unspecified atom stereocenters. The predicted octanol–water partition coefficient (Wildman–Crippen LogP) is 3.00. The fraction of sp³-hybridized carbons (Fsp3) is 0.348. The third-order valence-electron chi connectivity index (χ3n) is 5.08. The zero-order valence-electron chi connectivity index (χ0n) is 16.8. The van der Waals surface area contributed by atoms with E-state index in [2.05, 4.69) is 5.32 Å². The number of ether oxygens (including phenoxy) is 1. The van der Waals surface area contributed by atoms with Crippen molar-refractivity contribution in [3.63, 3.8) is 0 Å². The van der Waals surface area contributed by atoms with Crippen LogP contribution in [0.4, 0.5) is 0 Å². The monoisotopic (exact) mass is 394 g/mol. The molecule has 0 spiro atoms. The number of nitrogens with zero attached hydrogens (tertiary/aromatic N) is 1. The summed E-state index contributed by atoms with van der Waals surface area (Å²) in [6.45, 7) is 4.65. The van der Waals surface area contributed by atoms with E-state index >= 15 is 0 Å². The molecule has 0 radical (unpaired) electrons. The van der Waals surface area contributed by atoms with Gasteiger partial charge in [0.05, 0.1) is 0 Å². The van der Waals surface area contributed by atoms with Gasteiger partial charge >= 0.3 is 0 Å². The highest BCUT2D eigenvalue weighted by atomic mass is 16.5. The van der Waals surface area contributed by atoms with Crippen molar-refractivity contribution in [2.75, 3.05) is 19.7 Å². The van der Waals surface area contributed by atoms with Crippen LogP contribution in [0, 0.1) is 6.92 Å². The lowest BCUT2D eigenvalue weighted by Crippen LogP contribution is -2.47. The Morgan fingerprint density at radius 3 is 2.14 bits per heavy atom. The number of nitrogens with one attached hydrogen (secondary N) is 1. The number of amides is 2. The van der Waals surface area contributed by atoms with Crippen LogP contribution in [0.1, 0.15) is 46.0 Å². The van der Waals surface area contributed by atoms with Crippen molar-refractivity contribution >= 4 is 17.6 Å². The van der Waals surface area contributed by atoms with E-state index in [1.165, 1.54) is 6.92 Å². The molecule has 1 fully saturated rings. The summed E-state index contributed by atoms with van der Waals surface area (Å²) in [7, 11) is 0. The second-order valence-corrected chi connectivity index (χ2v) is 7.37. The lowest BCUT2D eigenvalue weighted by Gasteiger charge is -2.32. The lowest BCUT2D eigenvalue weighted by atomic mass is 10.0. The molecule has 2 aromatic carbocycles. The van der Waals surface area contributed by atoms with Crippen LogP contribution in [0.15, 0.2) is 48.5 Å². The number of ketones is 1. The minimum atomic E-state index is -0.191. The maximum absolute atomic E-state index is 12.6. The number of aryl methyl sites for hydroxylation is 1. The van der Waals surface area contributed by atoms with Crippen LogP contribution in [0.3, 0.4) is 0 Å². The van der Waals surface area contributed by atoms with Crippen LogP contribution in [-0.2, 0) is 4.79 Å². The Morgan fingerprint density at radius 1 is 0.966 bits per heavy atom. The molecule has 0 aromatic heterocycles. The molecule has 29 heavy (non-hydrogen) atoms. The highest BCUT2D eigenvalue weighted by molar-refractivity contribution is 5.94. The molecule has 152 valence electrons. The Bertz CT molecular complexity index is 867. The topological polar surface area (TPSA) is 75.7 Å². The molecule has 0 bridgehead atoms. The van der Waals surface area contributed by atoms with Gasteiger partial charge in [-0.1, -0.05) is 17.7 Å². The molecule has 1 saturated heterocycles. The normalized spacial score (nSPS) is 14.3. The highest BCUT2D eigenvalue weighted by Gasteiger charge is 2.24. The number of hydrogen-bond donors (Lipinski definition) is 1. The summed E-state index contributed by atoms with van der Waals surface area (Å²) in [6, 6.07) is 14.3. The van der Waals surface area contributed by atoms with Gasteiger partial charge in [0.2, 0.25) is 0 Å². The number of carbonyl (C=O) groups is 3. The van der Waals surface area contributed by atoms with Gasteiger partial charge in [-0.3, -0.25) is 14.4 Å². The molecule has 6 nitrogen and oxygen atoms in total. The maximum atomic E-state index is 12.6. The first kappa shape index (κ1) is 20.6. The number of Topliss-reactive ketones (excluding diaryl/α,β-unsaturated/α-hetero) is 1. The van der Waals surface area contributed by atoms with E-state index in [9.17, 15) is 14.4 Å². The van der Waals surface area contributed by atoms with E-state index in [0.29, 0.717) is 30.0 Å². The van der Waals surface area contributed by atoms with Gasteiger partial charge < -0.3 is 15.0 Å². The van der Waals surface area contributed by atoms with Gasteiger partial charge in [-0.15, -0.1) is 0 Å². The molecule has 0 atom stereocenters. The van der Waals surface area contributed by atoms with Crippen molar-refractivity contribution < 1.29 is 19.1 Å². The minimum absolute atomic E-state index is 0.0125. The summed E-state index contributed by atoms with van der Waals surface area (Å²) in [4.78, 5) is 37.8. The summed E-state index contributed by atoms with van der Waals surface area (Å²) < 4.78 is 5.48. The molecule has 1 aliphatic heterocycles. The quantitative estimate of drug-likeness (QED) is 0.765. The number of carbonyl (C=O) groups excluding carboxylic acids is 3. The number of hydrogen-bond acceptors (Lipinski definition) is 4. The van der Waals surface area contributed by atoms with Crippen molar-refractivity contribution in [2.45, 2.75) is 32.7 Å². The first-order valence-corrected chi connectivity index (χ1v) is 9.81. The summed E-state index contributed by atoms with van der Waals surface area (Å²) in [5.41, 5.74) is 2.43. The Morgan fingerprint density at radius 2 is 1.55 bits per heavy atom. The van der Waals surface area contributed by atoms with Crippen LogP contribution >= 0.6 is 0 Å². The molecule has 6 heteroatoms. The van der Waals surface area contributed by atoms with Crippen LogP contribution < -0.4 is 10.1 Å². The summed E-state index contributed by atoms with van der Waals surface area (Å²) >= 11 is 0. The number of likely N-dealkylation sites (tertiary alicyclic amines) is 1. The average molecular weight is 394 g/mol. The number of rotatable bonds is 6. The van der Waals surface area contributed by atoms with Gasteiger partial charge in [0.25, 0.3) is 11.8 Å². The standard InChI is InChI=1S/C23H26N2O4/c1-16-3-5-19(6-4-16)23(28)25-13-11-20(12-14-25)24-22(27)15-29-21-9-7-18(8-10-21)17(2)26/h3-10,20H,11-15H2,1-2H3,(H,24,27). The molecule has 1 heterocycles. The van der Waals surface area contributed by atoms with E-state index in [-0.39, 0.29) is 30.2 Å². The Kier molecular flexibility index (Phi) is 6.65. The zero-order chi connectivity index (χ0) is 20.8. The second kappa shape index (κ2) is 9.37. The lowest BCUT2D eigenvalue weighted by molar-refractivity contribution is -0.124. The third kappa shape index (κ3) is 5.67. The van der Waals surface area contributed by atoms with Crippen molar-refractivity contribution in [2.24, 2.45) is 0 Å². The Balaban J connectivity index is 1.41. The van der Waals surface area contributed by atoms with Gasteiger partial charge in [-0.25, -0.2) is 0 Å². The summed E-state index contributed by atoms with van der Waals surface area (Å²) in [5.74, 6) is 0.376. The molecular weight excluding hydrogens is 368 g/mol. The van der Waals surface area contributed by atoms with Gasteiger partial charge in [-0.2, -0.15) is 0 Å². The molecular formula is C23H26N2O4. The zero-order valence-corrected chi connectivity index (χ0v) is 16.8. The number of benzene rings is 2. The number of piperidine rings is 1. The SMILES string of the molecule is CC(=O)c1ccc(OCC(=O)NC2CCN(C(=O)c3ccc(C)cc3)CC2)cc1. The average Bonchev–Trinajstić information content (AvgIpc) is 2.73. The predicted molar refractivity (Wildman–Crippen MR) is 110 cm³/mol.